The van der Waals surface area contributed by atoms with Crippen molar-refractivity contribution in [1.29, 1.82) is 5.26 Å². The molecule has 1 heterocycles. The largest absolute Gasteiger partial charge is 0.481 e. The zero-order valence-electron chi connectivity index (χ0n) is 9.36. The molecule has 0 aromatic carbocycles. The van der Waals surface area contributed by atoms with Crippen LogP contribution >= 0.6 is 0 Å². The molecule has 1 aliphatic carbocycles. The second-order valence-electron chi connectivity index (χ2n) is 4.03. The number of nitrogens with one attached hydrogen (secondary N) is 1. The molecule has 0 spiro atoms. The lowest BCUT2D eigenvalue weighted by atomic mass is 10.1. The molecule has 2 N–H and O–H groups in total. The van der Waals surface area contributed by atoms with E-state index in [0.29, 0.717) is 11.4 Å². The molecular formula is C12H13N3O2. The number of pyridine rings is 1. The van der Waals surface area contributed by atoms with Crippen molar-refractivity contribution in [2.75, 3.05) is 11.9 Å². The maximum Gasteiger partial charge on any atom is 0.305 e. The molecule has 0 unspecified atom stereocenters. The number of nitrogens with zero attached hydrogens (tertiary/aromatic N) is 2. The Morgan fingerprint density at radius 1 is 1.59 bits per heavy atom. The monoisotopic (exact) mass is 231 g/mol. The van der Waals surface area contributed by atoms with Crippen LogP contribution in [0.3, 0.4) is 0 Å². The van der Waals surface area contributed by atoms with Gasteiger partial charge in [0, 0.05) is 12.2 Å². The summed E-state index contributed by atoms with van der Waals surface area (Å²) in [5.74, 6) is -0.355. The van der Waals surface area contributed by atoms with Gasteiger partial charge in [-0.25, -0.2) is 4.98 Å². The number of aryl methyl sites for hydroxylation is 2. The minimum absolute atomic E-state index is 0.0175. The Morgan fingerprint density at radius 3 is 3.12 bits per heavy atom. The fourth-order valence-electron chi connectivity index (χ4n) is 1.98. The summed E-state index contributed by atoms with van der Waals surface area (Å²) in [7, 11) is 0. The molecule has 1 aromatic heterocycles. The van der Waals surface area contributed by atoms with Crippen LogP contribution in [0.5, 0.6) is 0 Å². The van der Waals surface area contributed by atoms with Gasteiger partial charge in [-0.15, -0.1) is 0 Å². The average Bonchev–Trinajstić information content (AvgIpc) is 2.74. The Hall–Kier alpha value is -2.09. The van der Waals surface area contributed by atoms with Gasteiger partial charge in [-0.3, -0.25) is 4.79 Å². The SMILES string of the molecule is N#Cc1cc2c(nc1NCCC(=O)O)CCC2. The van der Waals surface area contributed by atoms with E-state index in [0.717, 1.165) is 30.5 Å². The Labute approximate surface area is 99.1 Å². The molecule has 5 heteroatoms. The highest BCUT2D eigenvalue weighted by atomic mass is 16.4. The predicted octanol–water partition coefficient (Wildman–Crippen LogP) is 1.33. The maximum atomic E-state index is 10.4. The van der Waals surface area contributed by atoms with Gasteiger partial charge in [0.1, 0.15) is 11.9 Å². The predicted molar refractivity (Wildman–Crippen MR) is 61.7 cm³/mol. The molecule has 0 saturated heterocycles. The van der Waals surface area contributed by atoms with Gasteiger partial charge in [0.25, 0.3) is 0 Å². The van der Waals surface area contributed by atoms with E-state index in [1.807, 2.05) is 6.07 Å². The molecule has 1 aromatic rings. The highest BCUT2D eigenvalue weighted by molar-refractivity contribution is 5.67. The molecule has 88 valence electrons. The molecule has 0 aliphatic heterocycles. The highest BCUT2D eigenvalue weighted by Gasteiger charge is 2.16. The van der Waals surface area contributed by atoms with Crippen LogP contribution in [0.2, 0.25) is 0 Å². The topological polar surface area (TPSA) is 86.0 Å². The van der Waals surface area contributed by atoms with E-state index >= 15 is 0 Å². The number of fused-ring (bicyclic) bond motifs is 1. The number of hydrogen-bond donors (Lipinski definition) is 2. The van der Waals surface area contributed by atoms with Crippen LogP contribution in [0, 0.1) is 11.3 Å². The molecule has 1 aliphatic rings. The first-order valence-corrected chi connectivity index (χ1v) is 5.59. The first kappa shape index (κ1) is 11.4. The van der Waals surface area contributed by atoms with Crippen molar-refractivity contribution >= 4 is 11.8 Å². The van der Waals surface area contributed by atoms with Crippen LogP contribution in [0.1, 0.15) is 29.7 Å². The van der Waals surface area contributed by atoms with E-state index in [2.05, 4.69) is 16.4 Å². The maximum absolute atomic E-state index is 10.4. The number of rotatable bonds is 4. The van der Waals surface area contributed by atoms with Gasteiger partial charge in [0.05, 0.1) is 12.0 Å². The second kappa shape index (κ2) is 4.83. The molecule has 5 nitrogen and oxygen atoms in total. The summed E-state index contributed by atoms with van der Waals surface area (Å²) in [5.41, 5.74) is 2.67. The van der Waals surface area contributed by atoms with E-state index in [1.165, 1.54) is 0 Å². The summed E-state index contributed by atoms with van der Waals surface area (Å²) in [4.78, 5) is 14.8. The summed E-state index contributed by atoms with van der Waals surface area (Å²) < 4.78 is 0. The van der Waals surface area contributed by atoms with Crippen LogP contribution in [0.25, 0.3) is 0 Å². The number of carboxylic acid groups (broad SMARTS) is 1. The quantitative estimate of drug-likeness (QED) is 0.816. The van der Waals surface area contributed by atoms with E-state index in [9.17, 15) is 4.79 Å². The number of hydrogen-bond acceptors (Lipinski definition) is 4. The van der Waals surface area contributed by atoms with Crippen LogP contribution in [-0.2, 0) is 17.6 Å². The molecule has 0 amide bonds. The molecule has 0 saturated carbocycles. The summed E-state index contributed by atoms with van der Waals surface area (Å²) in [5, 5.41) is 20.5. The molecule has 2 rings (SSSR count). The minimum atomic E-state index is -0.864. The third-order valence-corrected chi connectivity index (χ3v) is 2.80. The van der Waals surface area contributed by atoms with Crippen molar-refractivity contribution in [2.45, 2.75) is 25.7 Å². The Balaban J connectivity index is 2.16. The Bertz CT molecular complexity index is 491. The molecule has 0 fully saturated rings. The van der Waals surface area contributed by atoms with Crippen molar-refractivity contribution < 1.29 is 9.90 Å². The van der Waals surface area contributed by atoms with Gasteiger partial charge in [0.15, 0.2) is 0 Å². The van der Waals surface area contributed by atoms with Crippen molar-refractivity contribution in [3.8, 4) is 6.07 Å². The number of carbonyl (C=O) groups is 1. The van der Waals surface area contributed by atoms with Gasteiger partial charge in [-0.05, 0) is 30.9 Å². The standard InChI is InChI=1S/C12H13N3O2/c13-7-9-6-8-2-1-3-10(8)15-12(9)14-5-4-11(16)17/h6H,1-5H2,(H,14,15)(H,16,17). The van der Waals surface area contributed by atoms with Crippen molar-refractivity contribution in [2.24, 2.45) is 0 Å². The highest BCUT2D eigenvalue weighted by Crippen LogP contribution is 2.24. The van der Waals surface area contributed by atoms with E-state index < -0.39 is 5.97 Å². The average molecular weight is 231 g/mol. The summed E-state index contributed by atoms with van der Waals surface area (Å²) in [6, 6.07) is 3.95. The molecule has 17 heavy (non-hydrogen) atoms. The second-order valence-corrected chi connectivity index (χ2v) is 4.03. The van der Waals surface area contributed by atoms with Gasteiger partial charge in [-0.2, -0.15) is 5.26 Å². The minimum Gasteiger partial charge on any atom is -0.481 e. The number of anilines is 1. The zero-order valence-corrected chi connectivity index (χ0v) is 9.36. The molecular weight excluding hydrogens is 218 g/mol. The first-order valence-electron chi connectivity index (χ1n) is 5.59. The van der Waals surface area contributed by atoms with Gasteiger partial charge in [-0.1, -0.05) is 0 Å². The van der Waals surface area contributed by atoms with Gasteiger partial charge < -0.3 is 10.4 Å². The normalized spacial score (nSPS) is 12.9. The number of aromatic nitrogens is 1. The fourth-order valence-corrected chi connectivity index (χ4v) is 1.98. The smallest absolute Gasteiger partial charge is 0.305 e. The molecule has 0 atom stereocenters. The Morgan fingerprint density at radius 2 is 2.41 bits per heavy atom. The van der Waals surface area contributed by atoms with Crippen molar-refractivity contribution in [3.63, 3.8) is 0 Å². The lowest BCUT2D eigenvalue weighted by molar-refractivity contribution is -0.136. The van der Waals surface area contributed by atoms with Gasteiger partial charge >= 0.3 is 5.97 Å². The van der Waals surface area contributed by atoms with Crippen LogP contribution in [0.4, 0.5) is 5.82 Å². The fraction of sp³-hybridized carbons (Fsp3) is 0.417. The van der Waals surface area contributed by atoms with Crippen molar-refractivity contribution in [3.05, 3.63) is 22.9 Å². The number of nitriles is 1. The molecule has 0 bridgehead atoms. The number of carboxylic acids is 1. The van der Waals surface area contributed by atoms with Crippen molar-refractivity contribution in [1.82, 2.24) is 4.98 Å². The number of aliphatic carboxylic acids is 1. The lowest BCUT2D eigenvalue weighted by Gasteiger charge is -2.08. The zero-order chi connectivity index (χ0) is 12.3. The van der Waals surface area contributed by atoms with Crippen LogP contribution in [0.15, 0.2) is 6.07 Å². The van der Waals surface area contributed by atoms with E-state index in [1.54, 1.807) is 0 Å². The van der Waals surface area contributed by atoms with Crippen LogP contribution in [-0.4, -0.2) is 22.6 Å². The molecule has 0 radical (unpaired) electrons. The third-order valence-electron chi connectivity index (χ3n) is 2.80. The van der Waals surface area contributed by atoms with Crippen LogP contribution < -0.4 is 5.32 Å². The third kappa shape index (κ3) is 2.53. The lowest BCUT2D eigenvalue weighted by Crippen LogP contribution is -2.10. The van der Waals surface area contributed by atoms with Gasteiger partial charge in [0.2, 0.25) is 0 Å². The van der Waals surface area contributed by atoms with E-state index in [-0.39, 0.29) is 13.0 Å². The van der Waals surface area contributed by atoms with E-state index in [4.69, 9.17) is 10.4 Å². The summed E-state index contributed by atoms with van der Waals surface area (Å²) in [6.45, 7) is 0.288. The first-order chi connectivity index (χ1) is 8.20. The summed E-state index contributed by atoms with van der Waals surface area (Å²) in [6.07, 6.45) is 3.01. The Kier molecular flexibility index (Phi) is 3.24. The summed E-state index contributed by atoms with van der Waals surface area (Å²) >= 11 is 0.